The van der Waals surface area contributed by atoms with Gasteiger partial charge in [0.25, 0.3) is 0 Å². The average molecular weight is 311 g/mol. The molecule has 3 nitrogen and oxygen atoms in total. The van der Waals surface area contributed by atoms with Crippen LogP contribution in [0.1, 0.15) is 63.1 Å². The van der Waals surface area contributed by atoms with Crippen LogP contribution in [-0.2, 0) is 9.84 Å². The molecule has 1 aromatic rings. The minimum absolute atomic E-state index is 0.127. The molecule has 1 aromatic carbocycles. The largest absolute Gasteiger partial charge is 0.312 e. The number of rotatable bonds is 9. The van der Waals surface area contributed by atoms with Crippen LogP contribution in [0.3, 0.4) is 0 Å². The number of sulfone groups is 1. The van der Waals surface area contributed by atoms with E-state index in [4.69, 9.17) is 0 Å². The van der Waals surface area contributed by atoms with Crippen molar-refractivity contribution in [2.75, 3.05) is 18.6 Å². The molecule has 0 fully saturated rings. The van der Waals surface area contributed by atoms with Crippen LogP contribution in [0, 0.1) is 0 Å². The van der Waals surface area contributed by atoms with Crippen molar-refractivity contribution in [3.8, 4) is 0 Å². The predicted molar refractivity (Wildman–Crippen MR) is 90.5 cm³/mol. The van der Waals surface area contributed by atoms with Gasteiger partial charge in [0.1, 0.15) is 0 Å². The van der Waals surface area contributed by atoms with E-state index < -0.39 is 9.84 Å². The Bertz CT molecular complexity index is 506. The molecule has 0 heterocycles. The zero-order valence-corrected chi connectivity index (χ0v) is 14.5. The quantitative estimate of drug-likeness (QED) is 0.708. The normalized spacial score (nSPS) is 13.6. The van der Waals surface area contributed by atoms with Gasteiger partial charge in [0, 0.05) is 6.04 Å². The molecular weight excluding hydrogens is 282 g/mol. The molecule has 1 unspecified atom stereocenters. The molecule has 0 spiro atoms. The van der Waals surface area contributed by atoms with Crippen molar-refractivity contribution < 1.29 is 8.42 Å². The van der Waals surface area contributed by atoms with Crippen molar-refractivity contribution >= 4 is 9.84 Å². The van der Waals surface area contributed by atoms with Crippen LogP contribution in [0.2, 0.25) is 0 Å². The van der Waals surface area contributed by atoms with Crippen molar-refractivity contribution in [3.05, 3.63) is 35.4 Å². The highest BCUT2D eigenvalue weighted by Gasteiger charge is 2.19. The maximum absolute atomic E-state index is 12.2. The first-order valence-corrected chi connectivity index (χ1v) is 9.69. The molecular formula is C17H29NO2S. The lowest BCUT2D eigenvalue weighted by Crippen LogP contribution is -2.26. The van der Waals surface area contributed by atoms with Gasteiger partial charge in [0.2, 0.25) is 0 Å². The van der Waals surface area contributed by atoms with Crippen molar-refractivity contribution in [2.24, 2.45) is 0 Å². The Balaban J connectivity index is 2.74. The Kier molecular flexibility index (Phi) is 7.40. The summed E-state index contributed by atoms with van der Waals surface area (Å²) in [5.74, 6) is 0.960. The molecule has 0 radical (unpaired) electrons. The molecule has 0 saturated carbocycles. The topological polar surface area (TPSA) is 46.2 Å². The van der Waals surface area contributed by atoms with Gasteiger partial charge in [0.15, 0.2) is 9.84 Å². The van der Waals surface area contributed by atoms with Crippen LogP contribution >= 0.6 is 0 Å². The van der Waals surface area contributed by atoms with E-state index in [0.717, 1.165) is 24.8 Å². The molecule has 1 N–H and O–H groups in total. The lowest BCUT2D eigenvalue weighted by molar-refractivity contribution is 0.570. The molecule has 21 heavy (non-hydrogen) atoms. The van der Waals surface area contributed by atoms with Gasteiger partial charge in [-0.05, 0) is 30.5 Å². The second-order valence-electron chi connectivity index (χ2n) is 5.98. The van der Waals surface area contributed by atoms with E-state index in [-0.39, 0.29) is 11.8 Å². The first-order chi connectivity index (χ1) is 9.89. The molecule has 0 aliphatic carbocycles. The maximum atomic E-state index is 12.2. The Morgan fingerprint density at radius 2 is 1.62 bits per heavy atom. The number of unbranched alkanes of at least 4 members (excludes halogenated alkanes) is 2. The van der Waals surface area contributed by atoms with E-state index in [1.54, 1.807) is 0 Å². The zero-order chi connectivity index (χ0) is 15.9. The summed E-state index contributed by atoms with van der Waals surface area (Å²) in [6.45, 7) is 6.39. The predicted octanol–water partition coefficient (Wildman–Crippen LogP) is 3.68. The highest BCUT2D eigenvalue weighted by atomic mass is 32.2. The van der Waals surface area contributed by atoms with Crippen LogP contribution in [0.5, 0.6) is 0 Å². The lowest BCUT2D eigenvalue weighted by Gasteiger charge is -2.18. The number of hydrogen-bond acceptors (Lipinski definition) is 3. The van der Waals surface area contributed by atoms with E-state index in [2.05, 4.69) is 38.2 Å². The molecule has 0 aromatic heterocycles. The van der Waals surface area contributed by atoms with Crippen LogP contribution in [-0.4, -0.2) is 27.0 Å². The molecule has 0 amide bonds. The molecule has 1 rings (SSSR count). The Morgan fingerprint density at radius 3 is 2.10 bits per heavy atom. The van der Waals surface area contributed by atoms with Crippen LogP contribution in [0.25, 0.3) is 0 Å². The summed E-state index contributed by atoms with van der Waals surface area (Å²) in [5.41, 5.74) is 2.32. The second-order valence-corrected chi connectivity index (χ2v) is 8.21. The summed E-state index contributed by atoms with van der Waals surface area (Å²) in [5, 5.41) is 3.13. The molecule has 0 aliphatic rings. The van der Waals surface area contributed by atoms with Gasteiger partial charge >= 0.3 is 0 Å². The average Bonchev–Trinajstić information content (AvgIpc) is 2.45. The third-order valence-corrected chi connectivity index (χ3v) is 5.59. The van der Waals surface area contributed by atoms with Crippen LogP contribution in [0.15, 0.2) is 24.3 Å². The summed E-state index contributed by atoms with van der Waals surface area (Å²) in [7, 11) is -1.18. The number of benzene rings is 1. The Morgan fingerprint density at radius 1 is 1.05 bits per heavy atom. The van der Waals surface area contributed by atoms with Crippen molar-refractivity contribution in [1.29, 1.82) is 0 Å². The summed E-state index contributed by atoms with van der Waals surface area (Å²) in [6, 6.07) is 8.14. The highest BCUT2D eigenvalue weighted by molar-refractivity contribution is 7.91. The molecule has 0 saturated heterocycles. The van der Waals surface area contributed by atoms with Gasteiger partial charge in [-0.1, -0.05) is 57.9 Å². The van der Waals surface area contributed by atoms with Crippen molar-refractivity contribution in [2.45, 2.75) is 52.0 Å². The lowest BCUT2D eigenvalue weighted by atomic mass is 10.00. The SMILES string of the molecule is CCCCCS(=O)(=O)CC(NC)c1ccc(C(C)C)cc1. The Hall–Kier alpha value is -0.870. The fraction of sp³-hybridized carbons (Fsp3) is 0.647. The van der Waals surface area contributed by atoms with E-state index in [9.17, 15) is 8.42 Å². The van der Waals surface area contributed by atoms with E-state index in [0.29, 0.717) is 11.7 Å². The standard InChI is InChI=1S/C17H29NO2S/c1-5-6-7-12-21(19,20)13-17(18-4)16-10-8-15(9-11-16)14(2)3/h8-11,14,17-18H,5-7,12-13H2,1-4H3. The molecule has 120 valence electrons. The molecule has 4 heteroatoms. The fourth-order valence-corrected chi connectivity index (χ4v) is 4.05. The van der Waals surface area contributed by atoms with Gasteiger partial charge in [-0.15, -0.1) is 0 Å². The minimum atomic E-state index is -3.00. The van der Waals surface area contributed by atoms with Gasteiger partial charge in [-0.25, -0.2) is 8.42 Å². The van der Waals surface area contributed by atoms with Gasteiger partial charge in [-0.3, -0.25) is 0 Å². The Labute approximate surface area is 130 Å². The maximum Gasteiger partial charge on any atom is 0.152 e. The molecule has 1 atom stereocenters. The summed E-state index contributed by atoms with van der Waals surface area (Å²) >= 11 is 0. The summed E-state index contributed by atoms with van der Waals surface area (Å²) in [6.07, 6.45) is 2.79. The second kappa shape index (κ2) is 8.54. The third-order valence-electron chi connectivity index (χ3n) is 3.83. The summed E-state index contributed by atoms with van der Waals surface area (Å²) in [4.78, 5) is 0. The van der Waals surface area contributed by atoms with E-state index >= 15 is 0 Å². The monoisotopic (exact) mass is 311 g/mol. The van der Waals surface area contributed by atoms with Gasteiger partial charge < -0.3 is 5.32 Å². The minimum Gasteiger partial charge on any atom is -0.312 e. The van der Waals surface area contributed by atoms with Crippen LogP contribution in [0.4, 0.5) is 0 Å². The third kappa shape index (κ3) is 6.18. The first-order valence-electron chi connectivity index (χ1n) is 7.87. The molecule has 0 aliphatic heterocycles. The van der Waals surface area contributed by atoms with Gasteiger partial charge in [-0.2, -0.15) is 0 Å². The smallest absolute Gasteiger partial charge is 0.152 e. The van der Waals surface area contributed by atoms with Gasteiger partial charge in [0.05, 0.1) is 11.5 Å². The van der Waals surface area contributed by atoms with Crippen molar-refractivity contribution in [1.82, 2.24) is 5.32 Å². The number of nitrogens with one attached hydrogen (secondary N) is 1. The number of hydrogen-bond donors (Lipinski definition) is 1. The van der Waals surface area contributed by atoms with E-state index in [1.165, 1.54) is 5.56 Å². The highest BCUT2D eigenvalue weighted by Crippen LogP contribution is 2.20. The molecule has 0 bridgehead atoms. The zero-order valence-electron chi connectivity index (χ0n) is 13.7. The fourth-order valence-electron chi connectivity index (χ4n) is 2.37. The van der Waals surface area contributed by atoms with Crippen molar-refractivity contribution in [3.63, 3.8) is 0 Å². The first kappa shape index (κ1) is 18.2. The van der Waals surface area contributed by atoms with E-state index in [1.807, 2.05) is 19.2 Å². The summed E-state index contributed by atoms with van der Waals surface area (Å²) < 4.78 is 24.4. The van der Waals surface area contributed by atoms with Crippen LogP contribution < -0.4 is 5.32 Å².